The molecule has 1 aromatic carbocycles. The third-order valence-corrected chi connectivity index (χ3v) is 3.94. The van der Waals surface area contributed by atoms with Crippen LogP contribution in [0.15, 0.2) is 12.1 Å². The fourth-order valence-electron chi connectivity index (χ4n) is 2.95. The van der Waals surface area contributed by atoms with Crippen LogP contribution in [0.1, 0.15) is 16.8 Å². The van der Waals surface area contributed by atoms with E-state index in [2.05, 4.69) is 5.32 Å². The number of fused-ring (bicyclic) bond motifs is 1. The number of nitrogens with zero attached hydrogens (tertiary/aromatic N) is 1. The Morgan fingerprint density at radius 2 is 1.89 bits per heavy atom. The van der Waals surface area contributed by atoms with E-state index in [4.69, 9.17) is 0 Å². The van der Waals surface area contributed by atoms with E-state index in [1.54, 1.807) is 4.90 Å². The highest BCUT2D eigenvalue weighted by Gasteiger charge is 2.40. The summed E-state index contributed by atoms with van der Waals surface area (Å²) in [5.74, 6) is -4.24. The third kappa shape index (κ3) is 2.00. The molecule has 2 aliphatic heterocycles. The van der Waals surface area contributed by atoms with Gasteiger partial charge in [-0.3, -0.25) is 4.79 Å². The van der Waals surface area contributed by atoms with Gasteiger partial charge < -0.3 is 10.2 Å². The SMILES string of the molecule is O=C(c1cc(F)c(F)c(F)c1)N1CC[C@H]2CNC[C@H]21. The summed E-state index contributed by atoms with van der Waals surface area (Å²) in [6.45, 7) is 2.14. The summed E-state index contributed by atoms with van der Waals surface area (Å²) >= 11 is 0. The molecule has 2 aliphatic rings. The molecule has 2 saturated heterocycles. The number of hydrogen-bond acceptors (Lipinski definition) is 2. The molecule has 0 saturated carbocycles. The number of hydrogen-bond donors (Lipinski definition) is 1. The van der Waals surface area contributed by atoms with E-state index >= 15 is 0 Å². The average Bonchev–Trinajstić information content (AvgIpc) is 2.96. The van der Waals surface area contributed by atoms with Gasteiger partial charge >= 0.3 is 0 Å². The van der Waals surface area contributed by atoms with E-state index in [1.165, 1.54) is 0 Å². The Morgan fingerprint density at radius 3 is 2.58 bits per heavy atom. The van der Waals surface area contributed by atoms with Crippen LogP contribution in [0.4, 0.5) is 13.2 Å². The lowest BCUT2D eigenvalue weighted by molar-refractivity contribution is 0.0735. The summed E-state index contributed by atoms with van der Waals surface area (Å²) in [6.07, 6.45) is 0.884. The van der Waals surface area contributed by atoms with Crippen molar-refractivity contribution in [1.82, 2.24) is 10.2 Å². The number of likely N-dealkylation sites (tertiary alicyclic amines) is 1. The lowest BCUT2D eigenvalue weighted by atomic mass is 10.0. The Kier molecular flexibility index (Phi) is 2.97. The minimum absolute atomic E-state index is 0.0728. The zero-order valence-electron chi connectivity index (χ0n) is 10.1. The third-order valence-electron chi connectivity index (χ3n) is 3.94. The summed E-state index contributed by atoms with van der Waals surface area (Å²) in [4.78, 5) is 13.9. The number of carbonyl (C=O) groups excluding carboxylic acids is 1. The molecule has 0 spiro atoms. The van der Waals surface area contributed by atoms with Crippen LogP contribution in [-0.4, -0.2) is 36.5 Å². The summed E-state index contributed by atoms with van der Waals surface area (Å²) in [5.41, 5.74) is -0.135. The molecule has 1 amide bonds. The van der Waals surface area contributed by atoms with Gasteiger partial charge in [-0.15, -0.1) is 0 Å². The van der Waals surface area contributed by atoms with E-state index in [9.17, 15) is 18.0 Å². The lowest BCUT2D eigenvalue weighted by Gasteiger charge is -2.23. The molecular weight excluding hydrogens is 257 g/mol. The van der Waals surface area contributed by atoms with Crippen LogP contribution in [0.2, 0.25) is 0 Å². The van der Waals surface area contributed by atoms with Crippen LogP contribution < -0.4 is 5.32 Å². The maximum atomic E-state index is 13.2. The van der Waals surface area contributed by atoms with Gasteiger partial charge in [0.2, 0.25) is 0 Å². The maximum Gasteiger partial charge on any atom is 0.254 e. The molecule has 2 atom stereocenters. The van der Waals surface area contributed by atoms with Gasteiger partial charge in [0.05, 0.1) is 0 Å². The zero-order valence-corrected chi connectivity index (χ0v) is 10.1. The average molecular weight is 270 g/mol. The molecule has 0 aromatic heterocycles. The number of rotatable bonds is 1. The number of benzene rings is 1. The summed E-state index contributed by atoms with van der Waals surface area (Å²) in [7, 11) is 0. The molecule has 102 valence electrons. The molecular formula is C13H13F3N2O. The first-order chi connectivity index (χ1) is 9.08. The van der Waals surface area contributed by atoms with E-state index in [0.717, 1.165) is 25.1 Å². The number of halogens is 3. The Bertz CT molecular complexity index is 512. The van der Waals surface area contributed by atoms with Crippen molar-refractivity contribution in [2.75, 3.05) is 19.6 Å². The lowest BCUT2D eigenvalue weighted by Crippen LogP contribution is -2.39. The Balaban J connectivity index is 1.88. The van der Waals surface area contributed by atoms with Gasteiger partial charge in [-0.25, -0.2) is 13.2 Å². The first-order valence-corrected chi connectivity index (χ1v) is 6.24. The van der Waals surface area contributed by atoms with Gasteiger partial charge in [-0.2, -0.15) is 0 Å². The Hall–Kier alpha value is -1.56. The smallest absolute Gasteiger partial charge is 0.254 e. The maximum absolute atomic E-state index is 13.2. The minimum Gasteiger partial charge on any atom is -0.334 e. The summed E-state index contributed by atoms with van der Waals surface area (Å²) in [6, 6.07) is 1.59. The van der Waals surface area contributed by atoms with Crippen LogP contribution in [-0.2, 0) is 0 Å². The largest absolute Gasteiger partial charge is 0.334 e. The van der Waals surface area contributed by atoms with Crippen molar-refractivity contribution in [1.29, 1.82) is 0 Å². The van der Waals surface area contributed by atoms with Crippen molar-refractivity contribution in [3.05, 3.63) is 35.1 Å². The van der Waals surface area contributed by atoms with E-state index in [0.29, 0.717) is 19.0 Å². The molecule has 2 heterocycles. The van der Waals surface area contributed by atoms with E-state index in [1.807, 2.05) is 0 Å². The van der Waals surface area contributed by atoms with Crippen molar-refractivity contribution >= 4 is 5.91 Å². The van der Waals surface area contributed by atoms with E-state index in [-0.39, 0.29) is 11.6 Å². The van der Waals surface area contributed by atoms with Gasteiger partial charge in [-0.05, 0) is 24.5 Å². The number of amides is 1. The first-order valence-electron chi connectivity index (χ1n) is 6.24. The quantitative estimate of drug-likeness (QED) is 0.785. The second-order valence-electron chi connectivity index (χ2n) is 5.03. The van der Waals surface area contributed by atoms with Crippen molar-refractivity contribution in [3.63, 3.8) is 0 Å². The van der Waals surface area contributed by atoms with Gasteiger partial charge in [0, 0.05) is 31.2 Å². The summed E-state index contributed by atoms with van der Waals surface area (Å²) in [5, 5.41) is 3.19. The zero-order chi connectivity index (χ0) is 13.6. The molecule has 19 heavy (non-hydrogen) atoms. The highest BCUT2D eigenvalue weighted by molar-refractivity contribution is 5.94. The topological polar surface area (TPSA) is 32.3 Å². The fraction of sp³-hybridized carbons (Fsp3) is 0.462. The number of nitrogens with one attached hydrogen (secondary N) is 1. The van der Waals surface area contributed by atoms with Crippen molar-refractivity contribution in [2.24, 2.45) is 5.92 Å². The predicted molar refractivity (Wildman–Crippen MR) is 62.1 cm³/mol. The van der Waals surface area contributed by atoms with Gasteiger partial charge in [0.25, 0.3) is 5.91 Å². The predicted octanol–water partition coefficient (Wildman–Crippen LogP) is 1.54. The van der Waals surface area contributed by atoms with Crippen molar-refractivity contribution in [3.8, 4) is 0 Å². The molecule has 0 bridgehead atoms. The molecule has 0 radical (unpaired) electrons. The summed E-state index contributed by atoms with van der Waals surface area (Å²) < 4.78 is 39.2. The second-order valence-corrected chi connectivity index (χ2v) is 5.03. The highest BCUT2D eigenvalue weighted by atomic mass is 19.2. The van der Waals surface area contributed by atoms with Crippen LogP contribution in [0.5, 0.6) is 0 Å². The van der Waals surface area contributed by atoms with Crippen LogP contribution in [0.3, 0.4) is 0 Å². The monoisotopic (exact) mass is 270 g/mol. The van der Waals surface area contributed by atoms with Crippen molar-refractivity contribution < 1.29 is 18.0 Å². The Morgan fingerprint density at radius 1 is 1.21 bits per heavy atom. The minimum atomic E-state index is -1.54. The standard InChI is InChI=1S/C13H13F3N2O/c14-9-3-8(4-10(15)12(9)16)13(19)18-2-1-7-5-17-6-11(7)18/h3-4,7,11,17H,1-2,5-6H2/t7-,11+/m0/s1. The fourth-order valence-corrected chi connectivity index (χ4v) is 2.95. The molecule has 1 N–H and O–H groups in total. The normalized spacial score (nSPS) is 25.7. The van der Waals surface area contributed by atoms with Gasteiger partial charge in [0.15, 0.2) is 17.5 Å². The second kappa shape index (κ2) is 4.52. The highest BCUT2D eigenvalue weighted by Crippen LogP contribution is 2.29. The molecule has 3 nitrogen and oxygen atoms in total. The Labute approximate surface area is 108 Å². The molecule has 0 aliphatic carbocycles. The molecule has 0 unspecified atom stereocenters. The molecule has 1 aromatic rings. The van der Waals surface area contributed by atoms with Crippen molar-refractivity contribution in [2.45, 2.75) is 12.5 Å². The van der Waals surface area contributed by atoms with Crippen LogP contribution in [0, 0.1) is 23.4 Å². The van der Waals surface area contributed by atoms with Crippen LogP contribution >= 0.6 is 0 Å². The number of carbonyl (C=O) groups is 1. The molecule has 6 heteroatoms. The van der Waals surface area contributed by atoms with Crippen LogP contribution in [0.25, 0.3) is 0 Å². The first kappa shape index (κ1) is 12.5. The van der Waals surface area contributed by atoms with Gasteiger partial charge in [0.1, 0.15) is 0 Å². The molecule has 3 rings (SSSR count). The van der Waals surface area contributed by atoms with Gasteiger partial charge in [-0.1, -0.05) is 0 Å². The molecule has 2 fully saturated rings. The van der Waals surface area contributed by atoms with E-state index < -0.39 is 23.4 Å².